The van der Waals surface area contributed by atoms with Crippen molar-refractivity contribution in [2.75, 3.05) is 4.90 Å². The molecule has 0 atom stereocenters. The Balaban J connectivity index is 2.27. The van der Waals surface area contributed by atoms with Gasteiger partial charge in [0.05, 0.1) is 0 Å². The SMILES string of the molecule is CC(C)N(c1c([P+](c2ccc(F)cc2)(c2ccc(F)cc2)c2ccc(F)cc2)c1=[N+](C(C)C)C(C)C)C(C)C. The number of rotatable bonds is 9. The van der Waals surface area contributed by atoms with Crippen LogP contribution in [0.15, 0.2) is 72.8 Å². The minimum Gasteiger partial charge on any atom is -0.358 e. The molecule has 0 aliphatic heterocycles. The van der Waals surface area contributed by atoms with Crippen molar-refractivity contribution in [1.29, 1.82) is 0 Å². The minimum atomic E-state index is -2.69. The predicted octanol–water partition coefficient (Wildman–Crippen LogP) is 5.81. The van der Waals surface area contributed by atoms with Gasteiger partial charge in [-0.25, -0.2) is 17.7 Å². The van der Waals surface area contributed by atoms with Gasteiger partial charge in [0.25, 0.3) is 5.36 Å². The summed E-state index contributed by atoms with van der Waals surface area (Å²) in [6, 6.07) is 20.9. The van der Waals surface area contributed by atoms with Crippen molar-refractivity contribution in [1.82, 2.24) is 4.58 Å². The molecule has 0 aliphatic carbocycles. The Morgan fingerprint density at radius 3 is 1.10 bits per heavy atom. The van der Waals surface area contributed by atoms with Crippen LogP contribution in [0.2, 0.25) is 0 Å². The average Bonchev–Trinajstić information content (AvgIpc) is 3.55. The van der Waals surface area contributed by atoms with E-state index < -0.39 is 7.26 Å². The molecule has 0 aromatic heterocycles. The molecule has 0 saturated carbocycles. The fourth-order valence-electron chi connectivity index (χ4n) is 6.02. The lowest BCUT2D eigenvalue weighted by atomic mass is 10.2. The third-order valence-electron chi connectivity index (χ3n) is 7.33. The summed E-state index contributed by atoms with van der Waals surface area (Å²) in [6.45, 7) is 17.6. The number of hydrogen-bond acceptors (Lipinski definition) is 1. The highest BCUT2D eigenvalue weighted by atomic mass is 31.2. The molecule has 39 heavy (non-hydrogen) atoms. The van der Waals surface area contributed by atoms with Crippen LogP contribution in [0.5, 0.6) is 0 Å². The lowest BCUT2D eigenvalue weighted by Crippen LogP contribution is -2.44. The van der Waals surface area contributed by atoms with E-state index in [1.165, 1.54) is 52.7 Å². The van der Waals surface area contributed by atoms with Gasteiger partial charge in [0.2, 0.25) is 5.30 Å². The first-order chi connectivity index (χ1) is 18.4. The maximum absolute atomic E-state index is 14.3. The summed E-state index contributed by atoms with van der Waals surface area (Å²) < 4.78 is 45.4. The van der Waals surface area contributed by atoms with Crippen molar-refractivity contribution in [2.45, 2.75) is 79.6 Å². The summed E-state index contributed by atoms with van der Waals surface area (Å²) in [7, 11) is -2.69. The zero-order valence-electron chi connectivity index (χ0n) is 24.2. The van der Waals surface area contributed by atoms with Gasteiger partial charge in [-0.3, -0.25) is 0 Å². The maximum Gasteiger partial charge on any atom is 0.274 e. The lowest BCUT2D eigenvalue weighted by Gasteiger charge is -2.30. The Morgan fingerprint density at radius 2 is 0.846 bits per heavy atom. The van der Waals surface area contributed by atoms with Crippen molar-refractivity contribution in [3.8, 4) is 0 Å². The molecule has 0 N–H and O–H groups in total. The lowest BCUT2D eigenvalue weighted by molar-refractivity contribution is 0.429. The van der Waals surface area contributed by atoms with E-state index >= 15 is 0 Å². The van der Waals surface area contributed by atoms with Crippen LogP contribution in [-0.2, 0) is 0 Å². The first kappa shape index (κ1) is 29.1. The van der Waals surface area contributed by atoms with Crippen LogP contribution in [0, 0.1) is 17.5 Å². The van der Waals surface area contributed by atoms with Gasteiger partial charge in [0.1, 0.15) is 45.4 Å². The van der Waals surface area contributed by atoms with Gasteiger partial charge in [-0.15, -0.1) is 0 Å². The van der Waals surface area contributed by atoms with E-state index in [4.69, 9.17) is 0 Å². The van der Waals surface area contributed by atoms with Gasteiger partial charge in [-0.05, 0) is 128 Å². The molecule has 2 nitrogen and oxygen atoms in total. The maximum atomic E-state index is 14.3. The molecular weight excluding hydrogens is 512 g/mol. The molecule has 0 amide bonds. The van der Waals surface area contributed by atoms with Crippen LogP contribution in [0.1, 0.15) is 55.4 Å². The zero-order valence-corrected chi connectivity index (χ0v) is 25.1. The van der Waals surface area contributed by atoms with Crippen molar-refractivity contribution < 1.29 is 13.2 Å². The topological polar surface area (TPSA) is 6.25 Å². The Kier molecular flexibility index (Phi) is 8.42. The Labute approximate surface area is 231 Å². The van der Waals surface area contributed by atoms with Crippen LogP contribution >= 0.6 is 7.26 Å². The van der Waals surface area contributed by atoms with E-state index in [1.807, 2.05) is 36.4 Å². The normalized spacial score (nSPS) is 12.4. The molecular formula is C33H40F3N2P+2. The van der Waals surface area contributed by atoms with E-state index in [1.54, 1.807) is 0 Å². The second kappa shape index (κ2) is 11.3. The number of anilines is 1. The molecule has 0 unspecified atom stereocenters. The van der Waals surface area contributed by atoms with E-state index in [0.29, 0.717) is 0 Å². The third-order valence-corrected chi connectivity index (χ3v) is 11.6. The largest absolute Gasteiger partial charge is 0.358 e. The van der Waals surface area contributed by atoms with E-state index in [0.717, 1.165) is 15.9 Å². The molecule has 4 aromatic carbocycles. The second-order valence-corrected chi connectivity index (χ2v) is 14.7. The number of halogens is 3. The summed E-state index contributed by atoms with van der Waals surface area (Å²) in [5, 5.41) is 5.23. The van der Waals surface area contributed by atoms with Crippen LogP contribution in [0.4, 0.5) is 18.9 Å². The summed E-state index contributed by atoms with van der Waals surface area (Å²) in [5.74, 6) is -0.955. The minimum absolute atomic E-state index is 0.227. The molecule has 4 rings (SSSR count). The van der Waals surface area contributed by atoms with Crippen LogP contribution in [0.25, 0.3) is 0 Å². The third kappa shape index (κ3) is 5.31. The molecule has 0 radical (unpaired) electrons. The van der Waals surface area contributed by atoms with Gasteiger partial charge < -0.3 is 4.90 Å². The first-order valence-electron chi connectivity index (χ1n) is 13.8. The van der Waals surface area contributed by atoms with Gasteiger partial charge in [0, 0.05) is 12.1 Å². The highest BCUT2D eigenvalue weighted by Gasteiger charge is 2.60. The van der Waals surface area contributed by atoms with Gasteiger partial charge in [0.15, 0.2) is 12.9 Å². The smallest absolute Gasteiger partial charge is 0.274 e. The van der Waals surface area contributed by atoms with Crippen molar-refractivity contribution in [3.63, 3.8) is 0 Å². The van der Waals surface area contributed by atoms with E-state index in [-0.39, 0.29) is 41.6 Å². The standard InChI is InChI=1S/C33H40F3N2P/c1-21(2)37(22(3)4)31-32(38(23(5)6)24(7)8)33(31)39(28-15-9-25(34)10-16-28,29-17-11-26(35)12-18-29)30-19-13-27(36)14-20-30/h9-24H,1-8H3/q+2. The molecule has 6 heteroatoms. The molecule has 0 bridgehead atoms. The fraction of sp³-hybridized carbons (Fsp3) is 0.364. The molecule has 0 spiro atoms. The summed E-state index contributed by atoms with van der Waals surface area (Å²) in [5.41, 5.74) is 1.19. The van der Waals surface area contributed by atoms with E-state index in [9.17, 15) is 13.2 Å². The van der Waals surface area contributed by atoms with E-state index in [2.05, 4.69) is 64.9 Å². The molecule has 0 fully saturated rings. The highest BCUT2D eigenvalue weighted by molar-refractivity contribution is 8.02. The second-order valence-electron chi connectivity index (χ2n) is 11.3. The average molecular weight is 553 g/mol. The van der Waals surface area contributed by atoms with Crippen molar-refractivity contribution in [2.24, 2.45) is 0 Å². The monoisotopic (exact) mass is 552 g/mol. The van der Waals surface area contributed by atoms with Crippen LogP contribution in [-0.4, -0.2) is 24.2 Å². The van der Waals surface area contributed by atoms with Gasteiger partial charge in [-0.2, -0.15) is 0 Å². The number of nitrogens with zero attached hydrogens (tertiary/aromatic N) is 2. The molecule has 0 aliphatic rings. The van der Waals surface area contributed by atoms with Crippen molar-refractivity contribution >= 4 is 34.2 Å². The molecule has 4 aromatic rings. The predicted molar refractivity (Wildman–Crippen MR) is 162 cm³/mol. The Morgan fingerprint density at radius 1 is 0.538 bits per heavy atom. The van der Waals surface area contributed by atoms with Crippen LogP contribution in [0.3, 0.4) is 0 Å². The highest BCUT2D eigenvalue weighted by Crippen LogP contribution is 2.57. The molecule has 0 saturated heterocycles. The summed E-state index contributed by atoms with van der Waals surface area (Å²) in [6.07, 6.45) is 0. The van der Waals surface area contributed by atoms with Gasteiger partial charge >= 0.3 is 0 Å². The number of hydrogen-bond donors (Lipinski definition) is 0. The number of benzene rings is 3. The van der Waals surface area contributed by atoms with Crippen LogP contribution < -0.4 is 36.1 Å². The summed E-state index contributed by atoms with van der Waals surface area (Å²) in [4.78, 5) is 2.45. The molecule has 206 valence electrons. The fourth-order valence-corrected chi connectivity index (χ4v) is 10.5. The first-order valence-corrected chi connectivity index (χ1v) is 15.6. The van der Waals surface area contributed by atoms with Gasteiger partial charge in [-0.1, -0.05) is 0 Å². The van der Waals surface area contributed by atoms with Crippen molar-refractivity contribution in [3.05, 3.63) is 95.6 Å². The Bertz CT molecular complexity index is 1300. The molecule has 0 heterocycles. The zero-order chi connectivity index (χ0) is 28.6. The summed E-state index contributed by atoms with van der Waals surface area (Å²) >= 11 is 0. The quantitative estimate of drug-likeness (QED) is 0.188. The Hall–Kier alpha value is -2.91.